The summed E-state index contributed by atoms with van der Waals surface area (Å²) in [5.74, 6) is -0.0760. The molecule has 21 heavy (non-hydrogen) atoms. The first-order chi connectivity index (χ1) is 10.0. The second-order valence-corrected chi connectivity index (χ2v) is 5.76. The van der Waals surface area contributed by atoms with Gasteiger partial charge in [-0.15, -0.1) is 10.2 Å². The zero-order valence-electron chi connectivity index (χ0n) is 12.5. The lowest BCUT2D eigenvalue weighted by Gasteiger charge is -2.35. The van der Waals surface area contributed by atoms with E-state index in [1.54, 1.807) is 4.90 Å². The van der Waals surface area contributed by atoms with Gasteiger partial charge in [0.1, 0.15) is 0 Å². The van der Waals surface area contributed by atoms with Crippen molar-refractivity contribution in [2.75, 3.05) is 13.1 Å². The summed E-state index contributed by atoms with van der Waals surface area (Å²) in [7, 11) is 0. The monoisotopic (exact) mass is 285 g/mol. The lowest BCUT2D eigenvalue weighted by molar-refractivity contribution is -0.0587. The highest BCUT2D eigenvalue weighted by Gasteiger charge is 2.27. The normalized spacial score (nSPS) is 22.5. The zero-order chi connectivity index (χ0) is 15.0. The van der Waals surface area contributed by atoms with E-state index in [2.05, 4.69) is 10.2 Å². The molecule has 0 radical (unpaired) electrons. The number of carbonyl (C=O) groups is 1. The smallest absolute Gasteiger partial charge is 0.274 e. The minimum absolute atomic E-state index is 0.0494. The van der Waals surface area contributed by atoms with Gasteiger partial charge >= 0.3 is 0 Å². The Bertz CT molecular complexity index is 676. The second kappa shape index (κ2) is 5.41. The topological polar surface area (TPSA) is 55.3 Å². The van der Waals surface area contributed by atoms with E-state index in [9.17, 15) is 4.79 Å². The summed E-state index contributed by atoms with van der Waals surface area (Å²) >= 11 is 0. The molecule has 2 heterocycles. The molecular weight excluding hydrogens is 266 g/mol. The summed E-state index contributed by atoms with van der Waals surface area (Å²) in [5.41, 5.74) is 2.35. The Balaban J connectivity index is 1.90. The molecule has 0 saturated carbocycles. The van der Waals surface area contributed by atoms with Crippen molar-refractivity contribution < 1.29 is 9.53 Å². The van der Waals surface area contributed by atoms with Crippen LogP contribution in [0.25, 0.3) is 10.9 Å². The van der Waals surface area contributed by atoms with E-state index >= 15 is 0 Å². The number of rotatable bonds is 1. The van der Waals surface area contributed by atoms with Crippen molar-refractivity contribution in [2.45, 2.75) is 33.0 Å². The van der Waals surface area contributed by atoms with Crippen molar-refractivity contribution in [3.05, 3.63) is 35.5 Å². The maximum atomic E-state index is 12.6. The quantitative estimate of drug-likeness (QED) is 0.806. The number of hydrogen-bond donors (Lipinski definition) is 0. The lowest BCUT2D eigenvalue weighted by Crippen LogP contribution is -2.48. The molecule has 1 aromatic heterocycles. The third-order valence-electron chi connectivity index (χ3n) is 3.67. The zero-order valence-corrected chi connectivity index (χ0v) is 12.5. The molecule has 110 valence electrons. The summed E-state index contributed by atoms with van der Waals surface area (Å²) in [5, 5.41) is 9.17. The fourth-order valence-electron chi connectivity index (χ4n) is 2.77. The Morgan fingerprint density at radius 2 is 1.90 bits per heavy atom. The minimum atomic E-state index is -0.0760. The standard InChI is InChI=1S/C16H19N3O2/c1-10-4-5-14-13(6-10)7-15(18-17-14)16(20)19-8-11(2)21-12(3)9-19/h4-7,11-12H,8-9H2,1-3H3/t11-,12-/m1/s1. The number of aryl methyl sites for hydroxylation is 1. The average Bonchev–Trinajstić information content (AvgIpc) is 2.44. The van der Waals surface area contributed by atoms with Crippen molar-refractivity contribution in [3.63, 3.8) is 0 Å². The highest BCUT2D eigenvalue weighted by atomic mass is 16.5. The molecule has 1 aliphatic rings. The Morgan fingerprint density at radius 1 is 1.19 bits per heavy atom. The van der Waals surface area contributed by atoms with Crippen molar-refractivity contribution in [1.29, 1.82) is 0 Å². The van der Waals surface area contributed by atoms with Gasteiger partial charge < -0.3 is 9.64 Å². The average molecular weight is 285 g/mol. The third kappa shape index (κ3) is 2.88. The van der Waals surface area contributed by atoms with Crippen LogP contribution < -0.4 is 0 Å². The van der Waals surface area contributed by atoms with E-state index in [0.717, 1.165) is 16.5 Å². The van der Waals surface area contributed by atoms with Crippen LogP contribution in [0.2, 0.25) is 0 Å². The number of ether oxygens (including phenoxy) is 1. The predicted molar refractivity (Wildman–Crippen MR) is 80.2 cm³/mol. The molecule has 1 amide bonds. The molecule has 0 bridgehead atoms. The number of hydrogen-bond acceptors (Lipinski definition) is 4. The molecule has 0 spiro atoms. The maximum Gasteiger partial charge on any atom is 0.274 e. The highest BCUT2D eigenvalue weighted by molar-refractivity contribution is 5.95. The van der Waals surface area contributed by atoms with Crippen LogP contribution in [0.3, 0.4) is 0 Å². The summed E-state index contributed by atoms with van der Waals surface area (Å²) in [6.07, 6.45) is 0.0988. The fourth-order valence-corrected chi connectivity index (χ4v) is 2.77. The maximum absolute atomic E-state index is 12.6. The molecule has 1 aliphatic heterocycles. The molecule has 0 N–H and O–H groups in total. The first-order valence-corrected chi connectivity index (χ1v) is 7.22. The third-order valence-corrected chi connectivity index (χ3v) is 3.67. The molecule has 1 aromatic carbocycles. The number of aromatic nitrogens is 2. The molecule has 2 atom stereocenters. The van der Waals surface area contributed by atoms with Crippen molar-refractivity contribution in [2.24, 2.45) is 0 Å². The van der Waals surface area contributed by atoms with E-state index in [0.29, 0.717) is 18.8 Å². The van der Waals surface area contributed by atoms with Gasteiger partial charge in [-0.2, -0.15) is 0 Å². The van der Waals surface area contributed by atoms with Crippen LogP contribution in [-0.2, 0) is 4.74 Å². The van der Waals surface area contributed by atoms with Crippen molar-refractivity contribution in [3.8, 4) is 0 Å². The number of nitrogens with zero attached hydrogens (tertiary/aromatic N) is 3. The van der Waals surface area contributed by atoms with Gasteiger partial charge in [-0.3, -0.25) is 4.79 Å². The van der Waals surface area contributed by atoms with Gasteiger partial charge in [-0.25, -0.2) is 0 Å². The molecule has 3 rings (SSSR count). The number of amides is 1. The number of carbonyl (C=O) groups excluding carboxylic acids is 1. The number of morpholine rings is 1. The van der Waals surface area contributed by atoms with Crippen LogP contribution in [0.5, 0.6) is 0 Å². The van der Waals surface area contributed by atoms with E-state index in [-0.39, 0.29) is 18.1 Å². The van der Waals surface area contributed by atoms with Crippen LogP contribution in [0.15, 0.2) is 24.3 Å². The summed E-state index contributed by atoms with van der Waals surface area (Å²) in [6.45, 7) is 7.16. The van der Waals surface area contributed by atoms with E-state index in [1.807, 2.05) is 45.0 Å². The Kier molecular flexibility index (Phi) is 3.59. The first-order valence-electron chi connectivity index (χ1n) is 7.22. The summed E-state index contributed by atoms with van der Waals surface area (Å²) < 4.78 is 5.66. The van der Waals surface area contributed by atoms with Crippen LogP contribution in [0, 0.1) is 6.92 Å². The van der Waals surface area contributed by atoms with E-state index in [1.165, 1.54) is 0 Å². The lowest BCUT2D eigenvalue weighted by atomic mass is 10.1. The second-order valence-electron chi connectivity index (χ2n) is 5.76. The predicted octanol–water partition coefficient (Wildman–Crippen LogP) is 2.19. The SMILES string of the molecule is Cc1ccc2nnc(C(=O)N3C[C@@H](C)O[C@H](C)C3)cc2c1. The fraction of sp³-hybridized carbons (Fsp3) is 0.438. The van der Waals surface area contributed by atoms with Crippen LogP contribution in [0.4, 0.5) is 0 Å². The number of fused-ring (bicyclic) bond motifs is 1. The van der Waals surface area contributed by atoms with Gasteiger partial charge in [0, 0.05) is 18.5 Å². The highest BCUT2D eigenvalue weighted by Crippen LogP contribution is 2.17. The molecular formula is C16H19N3O2. The molecule has 5 nitrogen and oxygen atoms in total. The Morgan fingerprint density at radius 3 is 2.62 bits per heavy atom. The summed E-state index contributed by atoms with van der Waals surface area (Å²) in [4.78, 5) is 14.4. The molecule has 2 aromatic rings. The number of benzene rings is 1. The van der Waals surface area contributed by atoms with Crippen molar-refractivity contribution >= 4 is 16.8 Å². The summed E-state index contributed by atoms with van der Waals surface area (Å²) in [6, 6.07) is 7.75. The van der Waals surface area contributed by atoms with Crippen molar-refractivity contribution in [1.82, 2.24) is 15.1 Å². The minimum Gasteiger partial charge on any atom is -0.372 e. The Labute approximate surface area is 123 Å². The van der Waals surface area contributed by atoms with Gasteiger partial charge in [0.15, 0.2) is 5.69 Å². The van der Waals surface area contributed by atoms with Gasteiger partial charge in [0.2, 0.25) is 0 Å². The Hall–Kier alpha value is -2.01. The molecule has 1 fully saturated rings. The molecule has 5 heteroatoms. The van der Waals surface area contributed by atoms with Gasteiger partial charge in [0.05, 0.1) is 17.7 Å². The first kappa shape index (κ1) is 13.9. The van der Waals surface area contributed by atoms with Crippen LogP contribution in [0.1, 0.15) is 29.9 Å². The van der Waals surface area contributed by atoms with Gasteiger partial charge in [-0.05, 0) is 39.0 Å². The van der Waals surface area contributed by atoms with Crippen LogP contribution >= 0.6 is 0 Å². The van der Waals surface area contributed by atoms with Gasteiger partial charge in [-0.1, -0.05) is 11.6 Å². The van der Waals surface area contributed by atoms with E-state index in [4.69, 9.17) is 4.74 Å². The van der Waals surface area contributed by atoms with E-state index < -0.39 is 0 Å². The molecule has 1 saturated heterocycles. The van der Waals surface area contributed by atoms with Gasteiger partial charge in [0.25, 0.3) is 5.91 Å². The molecule has 0 aliphatic carbocycles. The molecule has 0 unspecified atom stereocenters. The van der Waals surface area contributed by atoms with Crippen LogP contribution in [-0.4, -0.2) is 46.3 Å². The largest absolute Gasteiger partial charge is 0.372 e.